The number of rotatable bonds is 5. The molecule has 0 aromatic heterocycles. The van der Waals surface area contributed by atoms with E-state index < -0.39 is 0 Å². The third-order valence-corrected chi connectivity index (χ3v) is 3.77. The molecule has 0 bridgehead atoms. The van der Waals surface area contributed by atoms with Crippen molar-refractivity contribution in [1.29, 1.82) is 0 Å². The molecule has 1 aromatic carbocycles. The third kappa shape index (κ3) is 4.01. The number of aliphatic hydroxyl groups excluding tert-OH is 1. The number of morpholine rings is 1. The quantitative estimate of drug-likeness (QED) is 0.835. The van der Waals surface area contributed by atoms with Crippen molar-refractivity contribution in [2.75, 3.05) is 32.8 Å². The highest BCUT2D eigenvalue weighted by Gasteiger charge is 2.20. The van der Waals surface area contributed by atoms with Crippen LogP contribution in [0.3, 0.4) is 0 Å². The Morgan fingerprint density at radius 2 is 2.26 bits per heavy atom. The van der Waals surface area contributed by atoms with Gasteiger partial charge in [-0.2, -0.15) is 0 Å². The van der Waals surface area contributed by atoms with Gasteiger partial charge in [0.05, 0.1) is 19.3 Å². The number of aryl methyl sites for hydroxylation is 1. The van der Waals surface area contributed by atoms with E-state index in [1.165, 1.54) is 11.1 Å². The number of ether oxygens (including phenoxy) is 1. The lowest BCUT2D eigenvalue weighted by molar-refractivity contribution is -0.0531. The van der Waals surface area contributed by atoms with Crippen LogP contribution in [0.2, 0.25) is 0 Å². The summed E-state index contributed by atoms with van der Waals surface area (Å²) in [6.45, 7) is 5.58. The summed E-state index contributed by atoms with van der Waals surface area (Å²) in [4.78, 5) is 2.32. The van der Waals surface area contributed by atoms with Crippen molar-refractivity contribution >= 4 is 0 Å². The SMILES string of the molecule is Cc1ccccc1C(N)CCN1CCOC(CO)C1. The monoisotopic (exact) mass is 264 g/mol. The molecule has 0 aliphatic carbocycles. The summed E-state index contributed by atoms with van der Waals surface area (Å²) in [5.74, 6) is 0. The fourth-order valence-electron chi connectivity index (χ4n) is 2.57. The predicted molar refractivity (Wildman–Crippen MR) is 76.0 cm³/mol. The smallest absolute Gasteiger partial charge is 0.0932 e. The topological polar surface area (TPSA) is 58.7 Å². The largest absolute Gasteiger partial charge is 0.394 e. The highest BCUT2D eigenvalue weighted by atomic mass is 16.5. The molecule has 0 radical (unpaired) electrons. The van der Waals surface area contributed by atoms with Gasteiger partial charge in [0.15, 0.2) is 0 Å². The minimum atomic E-state index is -0.0385. The average molecular weight is 264 g/mol. The minimum absolute atomic E-state index is 0.0385. The van der Waals surface area contributed by atoms with Crippen LogP contribution >= 0.6 is 0 Å². The summed E-state index contributed by atoms with van der Waals surface area (Å²) in [5, 5.41) is 9.12. The molecule has 0 saturated carbocycles. The Hall–Kier alpha value is -0.940. The summed E-state index contributed by atoms with van der Waals surface area (Å²) in [6, 6.07) is 8.37. The molecule has 2 rings (SSSR count). The Balaban J connectivity index is 1.83. The molecule has 1 aliphatic heterocycles. The number of hydrogen-bond acceptors (Lipinski definition) is 4. The van der Waals surface area contributed by atoms with Crippen molar-refractivity contribution in [3.8, 4) is 0 Å². The molecule has 2 atom stereocenters. The fourth-order valence-corrected chi connectivity index (χ4v) is 2.57. The Labute approximate surface area is 115 Å². The Morgan fingerprint density at radius 1 is 1.47 bits per heavy atom. The van der Waals surface area contributed by atoms with Gasteiger partial charge < -0.3 is 15.6 Å². The summed E-state index contributed by atoms with van der Waals surface area (Å²) in [7, 11) is 0. The first-order valence-corrected chi connectivity index (χ1v) is 6.96. The second-order valence-electron chi connectivity index (χ2n) is 5.23. The lowest BCUT2D eigenvalue weighted by atomic mass is 9.99. The van der Waals surface area contributed by atoms with E-state index >= 15 is 0 Å². The van der Waals surface area contributed by atoms with Crippen molar-refractivity contribution in [3.63, 3.8) is 0 Å². The van der Waals surface area contributed by atoms with Crippen molar-refractivity contribution in [2.24, 2.45) is 5.73 Å². The summed E-state index contributed by atoms with van der Waals surface area (Å²) in [5.41, 5.74) is 8.76. The molecule has 4 nitrogen and oxygen atoms in total. The van der Waals surface area contributed by atoms with Crippen molar-refractivity contribution in [3.05, 3.63) is 35.4 Å². The molecule has 1 saturated heterocycles. The van der Waals surface area contributed by atoms with Crippen LogP contribution in [-0.2, 0) is 4.74 Å². The molecule has 0 amide bonds. The highest BCUT2D eigenvalue weighted by Crippen LogP contribution is 2.19. The maximum Gasteiger partial charge on any atom is 0.0932 e. The highest BCUT2D eigenvalue weighted by molar-refractivity contribution is 5.28. The standard InChI is InChI=1S/C15H24N2O2/c1-12-4-2-3-5-14(12)15(16)6-7-17-8-9-19-13(10-17)11-18/h2-5,13,15,18H,6-11,16H2,1H3. The van der Waals surface area contributed by atoms with Crippen LogP contribution in [0.5, 0.6) is 0 Å². The molecule has 0 spiro atoms. The summed E-state index contributed by atoms with van der Waals surface area (Å²) >= 11 is 0. The number of nitrogens with two attached hydrogens (primary N) is 1. The van der Waals surface area contributed by atoms with Crippen LogP contribution in [0.4, 0.5) is 0 Å². The van der Waals surface area contributed by atoms with Crippen molar-refractivity contribution in [2.45, 2.75) is 25.5 Å². The van der Waals surface area contributed by atoms with Crippen LogP contribution in [-0.4, -0.2) is 49.0 Å². The molecule has 4 heteroatoms. The van der Waals surface area contributed by atoms with Gasteiger partial charge in [-0.15, -0.1) is 0 Å². The maximum atomic E-state index is 9.12. The Morgan fingerprint density at radius 3 is 3.00 bits per heavy atom. The van der Waals surface area contributed by atoms with E-state index in [9.17, 15) is 0 Å². The zero-order valence-electron chi connectivity index (χ0n) is 11.6. The summed E-state index contributed by atoms with van der Waals surface area (Å²) < 4.78 is 5.44. The van der Waals surface area contributed by atoms with Crippen LogP contribution < -0.4 is 5.73 Å². The lowest BCUT2D eigenvalue weighted by Crippen LogP contribution is -2.44. The lowest BCUT2D eigenvalue weighted by Gasteiger charge is -2.32. The van der Waals surface area contributed by atoms with Crippen LogP contribution in [0.15, 0.2) is 24.3 Å². The van der Waals surface area contributed by atoms with Crippen molar-refractivity contribution in [1.82, 2.24) is 4.90 Å². The zero-order valence-corrected chi connectivity index (χ0v) is 11.6. The van der Waals surface area contributed by atoms with E-state index in [-0.39, 0.29) is 18.8 Å². The zero-order chi connectivity index (χ0) is 13.7. The van der Waals surface area contributed by atoms with Crippen LogP contribution in [0.1, 0.15) is 23.6 Å². The van der Waals surface area contributed by atoms with Gasteiger partial charge in [-0.1, -0.05) is 24.3 Å². The normalized spacial score (nSPS) is 22.4. The minimum Gasteiger partial charge on any atom is -0.394 e. The second-order valence-corrected chi connectivity index (χ2v) is 5.23. The van der Waals surface area contributed by atoms with Crippen molar-refractivity contribution < 1.29 is 9.84 Å². The maximum absolute atomic E-state index is 9.12. The van der Waals surface area contributed by atoms with Crippen LogP contribution in [0.25, 0.3) is 0 Å². The molecular formula is C15H24N2O2. The third-order valence-electron chi connectivity index (χ3n) is 3.77. The van der Waals surface area contributed by atoms with E-state index in [0.717, 1.165) is 26.1 Å². The molecular weight excluding hydrogens is 240 g/mol. The molecule has 3 N–H and O–H groups in total. The van der Waals surface area contributed by atoms with E-state index in [0.29, 0.717) is 6.61 Å². The number of nitrogens with zero attached hydrogens (tertiary/aromatic N) is 1. The fraction of sp³-hybridized carbons (Fsp3) is 0.600. The average Bonchev–Trinajstić information content (AvgIpc) is 2.45. The molecule has 1 heterocycles. The molecule has 2 unspecified atom stereocenters. The van der Waals surface area contributed by atoms with Gasteiger partial charge in [-0.25, -0.2) is 0 Å². The molecule has 19 heavy (non-hydrogen) atoms. The van der Waals surface area contributed by atoms with E-state index in [2.05, 4.69) is 24.0 Å². The van der Waals surface area contributed by atoms with Gasteiger partial charge in [0.25, 0.3) is 0 Å². The first-order valence-electron chi connectivity index (χ1n) is 6.96. The van der Waals surface area contributed by atoms with E-state index in [4.69, 9.17) is 15.6 Å². The molecule has 106 valence electrons. The number of aliphatic hydroxyl groups is 1. The van der Waals surface area contributed by atoms with Gasteiger partial charge in [0.2, 0.25) is 0 Å². The number of benzene rings is 1. The van der Waals surface area contributed by atoms with Gasteiger partial charge in [0.1, 0.15) is 0 Å². The molecule has 1 aliphatic rings. The second kappa shape index (κ2) is 7.01. The van der Waals surface area contributed by atoms with E-state index in [1.54, 1.807) is 0 Å². The van der Waals surface area contributed by atoms with Crippen LogP contribution in [0, 0.1) is 6.92 Å². The predicted octanol–water partition coefficient (Wildman–Crippen LogP) is 1.08. The molecule has 1 aromatic rings. The first-order chi connectivity index (χ1) is 9.20. The van der Waals surface area contributed by atoms with E-state index in [1.807, 2.05) is 12.1 Å². The van der Waals surface area contributed by atoms with Gasteiger partial charge in [-0.3, -0.25) is 4.90 Å². The van der Waals surface area contributed by atoms with Gasteiger partial charge in [-0.05, 0) is 24.5 Å². The van der Waals surface area contributed by atoms with Gasteiger partial charge in [0, 0.05) is 25.7 Å². The number of hydrogen-bond donors (Lipinski definition) is 2. The Bertz CT molecular complexity index is 397. The Kier molecular flexibility index (Phi) is 5.34. The first kappa shape index (κ1) is 14.5. The molecule has 1 fully saturated rings. The summed E-state index contributed by atoms with van der Waals surface area (Å²) in [6.07, 6.45) is 0.895. The van der Waals surface area contributed by atoms with Gasteiger partial charge >= 0.3 is 0 Å².